The van der Waals surface area contributed by atoms with Crippen molar-refractivity contribution in [1.82, 2.24) is 14.7 Å². The first kappa shape index (κ1) is 27.0. The molecule has 3 atom stereocenters. The molecule has 3 N–H and O–H groups in total. The molecule has 33 heavy (non-hydrogen) atoms. The van der Waals surface area contributed by atoms with E-state index in [-0.39, 0.29) is 19.0 Å². The van der Waals surface area contributed by atoms with Crippen LogP contribution in [0.2, 0.25) is 0 Å². The highest BCUT2D eigenvalue weighted by molar-refractivity contribution is 5.33. The number of ether oxygens (including phenoxy) is 1. The number of aliphatic hydroxyl groups is 1. The molecule has 3 fully saturated rings. The highest BCUT2D eigenvalue weighted by Gasteiger charge is 2.39. The molecule has 186 valence electrons. The number of nitrogens with zero attached hydrogens (tertiary/aromatic N) is 3. The molecule has 1 aromatic rings. The summed E-state index contributed by atoms with van der Waals surface area (Å²) < 4.78 is 5.96. The molecule has 2 saturated heterocycles. The standard InChI is InChI=1S/C22H35N3O2.2CH2O2/c1-2-23-7-9-24(10-8-23)11-12-27-22-5-3-18(4-6-22)15-25-16-19-13-21(26)14-20(19)17-25;2*2-1-3/h3-6,19-21,26H,2,7-17H2,1H3;2*1H,(H,2,3)/t19-,20+,21?;;. The lowest BCUT2D eigenvalue weighted by Crippen LogP contribution is -2.47. The van der Waals surface area contributed by atoms with Crippen LogP contribution in [0.15, 0.2) is 24.3 Å². The highest BCUT2D eigenvalue weighted by Crippen LogP contribution is 2.38. The summed E-state index contributed by atoms with van der Waals surface area (Å²) in [4.78, 5) is 24.3. The summed E-state index contributed by atoms with van der Waals surface area (Å²) in [6, 6.07) is 8.65. The first-order valence-corrected chi connectivity index (χ1v) is 11.7. The maximum atomic E-state index is 9.78. The smallest absolute Gasteiger partial charge is 0.290 e. The molecule has 4 rings (SSSR count). The summed E-state index contributed by atoms with van der Waals surface area (Å²) in [5.41, 5.74) is 1.36. The Bertz CT molecular complexity index is 661. The van der Waals surface area contributed by atoms with Gasteiger partial charge in [0.05, 0.1) is 6.10 Å². The number of carbonyl (C=O) groups is 2. The van der Waals surface area contributed by atoms with Crippen molar-refractivity contribution in [3.05, 3.63) is 29.8 Å². The number of fused-ring (bicyclic) bond motifs is 1. The van der Waals surface area contributed by atoms with Crippen LogP contribution >= 0.6 is 0 Å². The summed E-state index contributed by atoms with van der Waals surface area (Å²) in [5, 5.41) is 23.6. The molecule has 2 heterocycles. The molecule has 1 saturated carbocycles. The van der Waals surface area contributed by atoms with E-state index in [0.29, 0.717) is 11.8 Å². The third kappa shape index (κ3) is 9.29. The van der Waals surface area contributed by atoms with Crippen molar-refractivity contribution in [3.63, 3.8) is 0 Å². The van der Waals surface area contributed by atoms with Gasteiger partial charge in [0.25, 0.3) is 12.9 Å². The lowest BCUT2D eigenvalue weighted by atomic mass is 10.0. The van der Waals surface area contributed by atoms with Crippen LogP contribution < -0.4 is 4.74 Å². The molecule has 1 unspecified atom stereocenters. The zero-order chi connectivity index (χ0) is 24.1. The van der Waals surface area contributed by atoms with Gasteiger partial charge >= 0.3 is 0 Å². The van der Waals surface area contributed by atoms with E-state index in [1.807, 2.05) is 0 Å². The van der Waals surface area contributed by atoms with Crippen molar-refractivity contribution in [2.24, 2.45) is 11.8 Å². The molecule has 0 aromatic heterocycles. The number of carboxylic acid groups (broad SMARTS) is 2. The lowest BCUT2D eigenvalue weighted by molar-refractivity contribution is -0.123. The number of likely N-dealkylation sites (tertiary alicyclic amines) is 1. The van der Waals surface area contributed by atoms with E-state index in [1.165, 1.54) is 18.7 Å². The average Bonchev–Trinajstić information content (AvgIpc) is 3.33. The monoisotopic (exact) mass is 465 g/mol. The molecule has 0 spiro atoms. The van der Waals surface area contributed by atoms with Crippen molar-refractivity contribution in [2.75, 3.05) is 59.0 Å². The molecule has 1 aromatic carbocycles. The number of hydrogen-bond donors (Lipinski definition) is 3. The zero-order valence-electron chi connectivity index (χ0n) is 19.6. The van der Waals surface area contributed by atoms with E-state index < -0.39 is 0 Å². The van der Waals surface area contributed by atoms with Crippen molar-refractivity contribution in [1.29, 1.82) is 0 Å². The van der Waals surface area contributed by atoms with Crippen LogP contribution in [0.25, 0.3) is 0 Å². The Morgan fingerprint density at radius 2 is 1.42 bits per heavy atom. The first-order chi connectivity index (χ1) is 16.0. The Kier molecular flexibility index (Phi) is 12.2. The van der Waals surface area contributed by atoms with Crippen LogP contribution in [-0.4, -0.2) is 108 Å². The zero-order valence-corrected chi connectivity index (χ0v) is 19.6. The second-order valence-electron chi connectivity index (χ2n) is 8.82. The lowest BCUT2D eigenvalue weighted by Gasteiger charge is -2.33. The van der Waals surface area contributed by atoms with Crippen LogP contribution in [0.3, 0.4) is 0 Å². The van der Waals surface area contributed by atoms with Gasteiger partial charge in [-0.05, 0) is 48.9 Å². The van der Waals surface area contributed by atoms with Gasteiger partial charge < -0.3 is 25.0 Å². The van der Waals surface area contributed by atoms with Crippen LogP contribution in [0.5, 0.6) is 5.75 Å². The van der Waals surface area contributed by atoms with Crippen molar-refractivity contribution in [3.8, 4) is 5.75 Å². The number of piperazine rings is 1. The summed E-state index contributed by atoms with van der Waals surface area (Å²) in [6.07, 6.45) is 1.96. The highest BCUT2D eigenvalue weighted by atomic mass is 16.5. The van der Waals surface area contributed by atoms with Gasteiger partial charge in [-0.2, -0.15) is 0 Å². The molecule has 2 aliphatic heterocycles. The maximum Gasteiger partial charge on any atom is 0.290 e. The van der Waals surface area contributed by atoms with Gasteiger partial charge in [-0.15, -0.1) is 0 Å². The number of likely N-dealkylation sites (N-methyl/N-ethyl adjacent to an activating group) is 1. The van der Waals surface area contributed by atoms with Crippen LogP contribution in [0, 0.1) is 11.8 Å². The van der Waals surface area contributed by atoms with Gasteiger partial charge in [-0.1, -0.05) is 19.1 Å². The Morgan fingerprint density at radius 3 is 1.94 bits per heavy atom. The summed E-state index contributed by atoms with van der Waals surface area (Å²) in [7, 11) is 0. The molecule has 1 aliphatic carbocycles. The normalized spacial score (nSPS) is 25.2. The Labute approximate surface area is 196 Å². The molecular formula is C24H39N3O6. The summed E-state index contributed by atoms with van der Waals surface area (Å²) in [5.74, 6) is 2.40. The minimum atomic E-state index is -0.250. The fraction of sp³-hybridized carbons (Fsp3) is 0.667. The number of rotatable bonds is 7. The Morgan fingerprint density at radius 1 is 0.909 bits per heavy atom. The van der Waals surface area contributed by atoms with E-state index in [1.54, 1.807) is 0 Å². The molecule has 3 aliphatic rings. The predicted octanol–water partition coefficient (Wildman–Crippen LogP) is 1.31. The Balaban J connectivity index is 0.000000582. The minimum absolute atomic E-state index is 0.0471. The van der Waals surface area contributed by atoms with Crippen LogP contribution in [0.4, 0.5) is 0 Å². The predicted molar refractivity (Wildman–Crippen MR) is 125 cm³/mol. The van der Waals surface area contributed by atoms with Gasteiger partial charge in [-0.25, -0.2) is 0 Å². The molecule has 0 radical (unpaired) electrons. The average molecular weight is 466 g/mol. The topological polar surface area (TPSA) is 114 Å². The number of hydrogen-bond acceptors (Lipinski definition) is 7. The third-order valence-corrected chi connectivity index (χ3v) is 6.72. The molecule has 0 amide bonds. The maximum absolute atomic E-state index is 9.78. The van der Waals surface area contributed by atoms with Crippen LogP contribution in [-0.2, 0) is 16.1 Å². The van der Waals surface area contributed by atoms with Crippen molar-refractivity contribution in [2.45, 2.75) is 32.4 Å². The second kappa shape index (κ2) is 14.8. The first-order valence-electron chi connectivity index (χ1n) is 11.7. The SMILES string of the molecule is CCN1CCN(CCOc2ccc(CN3C[C@H]4CC(O)C[C@H]4C3)cc2)CC1.O=CO.O=CO. The third-order valence-electron chi connectivity index (χ3n) is 6.72. The second-order valence-corrected chi connectivity index (χ2v) is 8.82. The summed E-state index contributed by atoms with van der Waals surface area (Å²) >= 11 is 0. The van der Waals surface area contributed by atoms with Gasteiger partial charge in [0.1, 0.15) is 12.4 Å². The molecular weight excluding hydrogens is 426 g/mol. The fourth-order valence-corrected chi connectivity index (χ4v) is 5.07. The molecule has 9 nitrogen and oxygen atoms in total. The quantitative estimate of drug-likeness (QED) is 0.513. The van der Waals surface area contributed by atoms with Gasteiger partial charge in [0.15, 0.2) is 0 Å². The molecule has 9 heteroatoms. The minimum Gasteiger partial charge on any atom is -0.492 e. The largest absolute Gasteiger partial charge is 0.492 e. The van der Waals surface area contributed by atoms with E-state index in [0.717, 1.165) is 71.0 Å². The molecule has 0 bridgehead atoms. The number of aliphatic hydroxyl groups excluding tert-OH is 1. The van der Waals surface area contributed by atoms with Gasteiger partial charge in [0, 0.05) is 52.4 Å². The number of benzene rings is 1. The Hall–Kier alpha value is -2.20. The van der Waals surface area contributed by atoms with E-state index in [9.17, 15) is 5.11 Å². The van der Waals surface area contributed by atoms with Gasteiger partial charge in [0.2, 0.25) is 0 Å². The van der Waals surface area contributed by atoms with E-state index in [4.69, 9.17) is 24.5 Å². The van der Waals surface area contributed by atoms with Crippen molar-refractivity contribution < 1.29 is 29.6 Å². The van der Waals surface area contributed by atoms with E-state index >= 15 is 0 Å². The van der Waals surface area contributed by atoms with Gasteiger partial charge in [-0.3, -0.25) is 19.4 Å². The van der Waals surface area contributed by atoms with E-state index in [2.05, 4.69) is 45.9 Å². The summed E-state index contributed by atoms with van der Waals surface area (Å²) in [6.45, 7) is 12.7. The van der Waals surface area contributed by atoms with Crippen molar-refractivity contribution >= 4 is 12.9 Å². The fourth-order valence-electron chi connectivity index (χ4n) is 5.07. The van der Waals surface area contributed by atoms with Crippen LogP contribution in [0.1, 0.15) is 25.3 Å².